The molecular weight excluding hydrogens is 194 g/mol. The van der Waals surface area contributed by atoms with Crippen molar-refractivity contribution in [3.63, 3.8) is 0 Å². The van der Waals surface area contributed by atoms with Gasteiger partial charge in [0.05, 0.1) is 0 Å². The van der Waals surface area contributed by atoms with Gasteiger partial charge in [0, 0.05) is 13.2 Å². The van der Waals surface area contributed by atoms with Gasteiger partial charge in [-0.3, -0.25) is 5.32 Å². The largest absolute Gasteiger partial charge is 0.416 e. The van der Waals surface area contributed by atoms with E-state index < -0.39 is 14.5 Å². The molecule has 0 saturated heterocycles. The van der Waals surface area contributed by atoms with Crippen LogP contribution < -0.4 is 5.32 Å². The molecule has 0 rings (SSSR count). The lowest BCUT2D eigenvalue weighted by molar-refractivity contribution is 0.146. The van der Waals surface area contributed by atoms with Crippen LogP contribution in [0.1, 0.15) is 27.7 Å². The summed E-state index contributed by atoms with van der Waals surface area (Å²) in [5, 5.41) is 12.2. The fourth-order valence-corrected chi connectivity index (χ4v) is 1.84. The summed E-state index contributed by atoms with van der Waals surface area (Å²) >= 11 is 0. The average molecular weight is 219 g/mol. The Labute approximate surface area is 89.0 Å². The van der Waals surface area contributed by atoms with E-state index in [-0.39, 0.29) is 5.04 Å². The maximum Gasteiger partial charge on any atom is 0.192 e. The standard InChI is InChI=1S/C10H25NO2Si/c1-9(12)11-7-8-13-14(5,6)10(2,3)4/h9,11-12H,7-8H2,1-6H3. The maximum atomic E-state index is 8.99. The first kappa shape index (κ1) is 14.1. The number of hydrogen-bond acceptors (Lipinski definition) is 3. The molecule has 2 N–H and O–H groups in total. The summed E-state index contributed by atoms with van der Waals surface area (Å²) in [4.78, 5) is 0. The van der Waals surface area contributed by atoms with Crippen LogP contribution in [0, 0.1) is 0 Å². The lowest BCUT2D eigenvalue weighted by Gasteiger charge is -2.36. The Kier molecular flexibility index (Phi) is 5.29. The minimum atomic E-state index is -1.60. The van der Waals surface area contributed by atoms with Gasteiger partial charge in [-0.1, -0.05) is 20.8 Å². The second kappa shape index (κ2) is 5.26. The lowest BCUT2D eigenvalue weighted by atomic mass is 10.2. The molecule has 1 unspecified atom stereocenters. The molecule has 14 heavy (non-hydrogen) atoms. The van der Waals surface area contributed by atoms with E-state index >= 15 is 0 Å². The van der Waals surface area contributed by atoms with E-state index in [0.717, 1.165) is 0 Å². The van der Waals surface area contributed by atoms with Gasteiger partial charge in [0.15, 0.2) is 8.32 Å². The maximum absolute atomic E-state index is 8.99. The number of nitrogens with one attached hydrogen (secondary N) is 1. The van der Waals surface area contributed by atoms with Crippen molar-refractivity contribution in [2.24, 2.45) is 0 Å². The van der Waals surface area contributed by atoms with Crippen molar-refractivity contribution in [1.82, 2.24) is 5.32 Å². The van der Waals surface area contributed by atoms with E-state index in [2.05, 4.69) is 39.2 Å². The van der Waals surface area contributed by atoms with Gasteiger partial charge in [-0.15, -0.1) is 0 Å². The topological polar surface area (TPSA) is 41.5 Å². The SMILES string of the molecule is CC(O)NCCO[Si](C)(C)C(C)(C)C. The van der Waals surface area contributed by atoms with Crippen molar-refractivity contribution < 1.29 is 9.53 Å². The molecule has 0 heterocycles. The van der Waals surface area contributed by atoms with Crippen LogP contribution in [0.4, 0.5) is 0 Å². The van der Waals surface area contributed by atoms with Crippen molar-refractivity contribution >= 4 is 8.32 Å². The molecule has 0 aliphatic carbocycles. The van der Waals surface area contributed by atoms with E-state index in [4.69, 9.17) is 9.53 Å². The fraction of sp³-hybridized carbons (Fsp3) is 1.00. The van der Waals surface area contributed by atoms with Gasteiger partial charge in [0.2, 0.25) is 0 Å². The van der Waals surface area contributed by atoms with Crippen LogP contribution in [0.3, 0.4) is 0 Å². The minimum Gasteiger partial charge on any atom is -0.416 e. The molecular formula is C10H25NO2Si. The molecule has 0 aromatic carbocycles. The van der Waals surface area contributed by atoms with Crippen LogP contribution in [-0.2, 0) is 4.43 Å². The normalized spacial score (nSPS) is 15.6. The van der Waals surface area contributed by atoms with Crippen LogP contribution in [0.15, 0.2) is 0 Å². The molecule has 0 amide bonds. The third-order valence-electron chi connectivity index (χ3n) is 2.81. The first-order chi connectivity index (χ1) is 6.17. The van der Waals surface area contributed by atoms with Crippen molar-refractivity contribution in [3.8, 4) is 0 Å². The van der Waals surface area contributed by atoms with Gasteiger partial charge in [-0.25, -0.2) is 0 Å². The third kappa shape index (κ3) is 5.10. The number of aliphatic hydroxyl groups excluding tert-OH is 1. The molecule has 0 aliphatic rings. The van der Waals surface area contributed by atoms with Crippen molar-refractivity contribution in [1.29, 1.82) is 0 Å². The molecule has 0 fully saturated rings. The predicted molar refractivity (Wildman–Crippen MR) is 62.8 cm³/mol. The van der Waals surface area contributed by atoms with Gasteiger partial charge in [0.25, 0.3) is 0 Å². The molecule has 3 nitrogen and oxygen atoms in total. The molecule has 0 saturated carbocycles. The monoisotopic (exact) mass is 219 g/mol. The molecule has 4 heteroatoms. The van der Waals surface area contributed by atoms with Crippen LogP contribution in [-0.4, -0.2) is 32.8 Å². The van der Waals surface area contributed by atoms with Gasteiger partial charge < -0.3 is 9.53 Å². The summed E-state index contributed by atoms with van der Waals surface area (Å²) in [5.41, 5.74) is 0. The molecule has 86 valence electrons. The predicted octanol–water partition coefficient (Wildman–Crippen LogP) is 1.94. The molecule has 0 aliphatic heterocycles. The van der Waals surface area contributed by atoms with Crippen LogP contribution >= 0.6 is 0 Å². The third-order valence-corrected chi connectivity index (χ3v) is 7.35. The summed E-state index contributed by atoms with van der Waals surface area (Å²) < 4.78 is 5.91. The van der Waals surface area contributed by atoms with Crippen LogP contribution in [0.5, 0.6) is 0 Å². The molecule has 0 aromatic rings. The number of aliphatic hydroxyl groups is 1. The smallest absolute Gasteiger partial charge is 0.192 e. The summed E-state index contributed by atoms with van der Waals surface area (Å²) in [6.45, 7) is 14.2. The molecule has 1 atom stereocenters. The fourth-order valence-electron chi connectivity index (χ4n) is 0.791. The second-order valence-electron chi connectivity index (χ2n) is 5.24. The summed E-state index contributed by atoms with van der Waals surface area (Å²) in [6, 6.07) is 0. The zero-order valence-corrected chi connectivity index (χ0v) is 11.3. The molecule has 0 bridgehead atoms. The zero-order valence-electron chi connectivity index (χ0n) is 10.3. The van der Waals surface area contributed by atoms with Gasteiger partial charge in [0.1, 0.15) is 6.23 Å². The van der Waals surface area contributed by atoms with E-state index in [1.165, 1.54) is 0 Å². The second-order valence-corrected chi connectivity index (χ2v) is 10.0. The van der Waals surface area contributed by atoms with E-state index in [0.29, 0.717) is 13.2 Å². The number of rotatable bonds is 5. The average Bonchev–Trinajstić information content (AvgIpc) is 1.95. The highest BCUT2D eigenvalue weighted by Crippen LogP contribution is 2.36. The summed E-state index contributed by atoms with van der Waals surface area (Å²) in [7, 11) is -1.60. The lowest BCUT2D eigenvalue weighted by Crippen LogP contribution is -2.42. The minimum absolute atomic E-state index is 0.262. The zero-order chi connectivity index (χ0) is 11.4. The quantitative estimate of drug-likeness (QED) is 0.422. The van der Waals surface area contributed by atoms with Crippen molar-refractivity contribution in [3.05, 3.63) is 0 Å². The van der Waals surface area contributed by atoms with Crippen LogP contribution in [0.25, 0.3) is 0 Å². The Morgan fingerprint density at radius 3 is 2.21 bits per heavy atom. The molecule has 0 aromatic heterocycles. The van der Waals surface area contributed by atoms with E-state index in [1.54, 1.807) is 6.92 Å². The molecule has 0 spiro atoms. The highest BCUT2D eigenvalue weighted by atomic mass is 28.4. The Hall–Kier alpha value is 0.0969. The van der Waals surface area contributed by atoms with Gasteiger partial charge in [-0.2, -0.15) is 0 Å². The first-order valence-electron chi connectivity index (χ1n) is 5.22. The Bertz CT molecular complexity index is 164. The van der Waals surface area contributed by atoms with Crippen LogP contribution in [0.2, 0.25) is 18.1 Å². The van der Waals surface area contributed by atoms with E-state index in [1.807, 2.05) is 0 Å². The Morgan fingerprint density at radius 1 is 1.36 bits per heavy atom. The Morgan fingerprint density at radius 2 is 1.86 bits per heavy atom. The van der Waals surface area contributed by atoms with E-state index in [9.17, 15) is 0 Å². The van der Waals surface area contributed by atoms with Gasteiger partial charge in [-0.05, 0) is 25.1 Å². The highest BCUT2D eigenvalue weighted by Gasteiger charge is 2.36. The molecule has 0 radical (unpaired) electrons. The number of hydrogen-bond donors (Lipinski definition) is 2. The van der Waals surface area contributed by atoms with Crippen molar-refractivity contribution in [2.75, 3.05) is 13.2 Å². The first-order valence-corrected chi connectivity index (χ1v) is 8.13. The highest BCUT2D eigenvalue weighted by molar-refractivity contribution is 6.74. The van der Waals surface area contributed by atoms with Gasteiger partial charge >= 0.3 is 0 Å². The summed E-state index contributed by atoms with van der Waals surface area (Å²) in [5.74, 6) is 0. The van der Waals surface area contributed by atoms with Crippen molar-refractivity contribution in [2.45, 2.75) is 52.1 Å². The Balaban J connectivity index is 3.78. The summed E-state index contributed by atoms with van der Waals surface area (Å²) in [6.07, 6.45) is -0.446.